The molecule has 1 aliphatic rings. The van der Waals surface area contributed by atoms with Crippen LogP contribution in [0.25, 0.3) is 0 Å². The van der Waals surface area contributed by atoms with Crippen LogP contribution in [0.2, 0.25) is 0 Å². The van der Waals surface area contributed by atoms with Crippen LogP contribution in [0.4, 0.5) is 5.69 Å². The van der Waals surface area contributed by atoms with E-state index in [4.69, 9.17) is 14.2 Å². The Morgan fingerprint density at radius 2 is 1.55 bits per heavy atom. The number of carbonyl (C=O) groups excluding carboxylic acids is 1. The van der Waals surface area contributed by atoms with Gasteiger partial charge >= 0.3 is 0 Å². The standard InChI is InChI=1S/C26H27NO4/c1-4-30-23-15-19-16-25(28)27(20-9-7-6-8-10-20)26(22(19)17-24(23)31-5-2)18-11-13-21(29-3)14-12-18/h6-15,17,26H,4-5,16H2,1-3H3/t26-/m1/s1. The molecule has 1 aliphatic heterocycles. The maximum atomic E-state index is 13.4. The fourth-order valence-electron chi connectivity index (χ4n) is 4.09. The number of amides is 1. The maximum Gasteiger partial charge on any atom is 0.232 e. The van der Waals surface area contributed by atoms with Gasteiger partial charge in [-0.15, -0.1) is 0 Å². The Morgan fingerprint density at radius 1 is 0.903 bits per heavy atom. The van der Waals surface area contributed by atoms with Gasteiger partial charge in [0.25, 0.3) is 0 Å². The first kappa shape index (κ1) is 20.8. The van der Waals surface area contributed by atoms with E-state index in [0.29, 0.717) is 31.1 Å². The summed E-state index contributed by atoms with van der Waals surface area (Å²) in [6, 6.07) is 21.4. The van der Waals surface area contributed by atoms with Crippen LogP contribution in [-0.4, -0.2) is 26.2 Å². The Morgan fingerprint density at radius 3 is 2.16 bits per heavy atom. The summed E-state index contributed by atoms with van der Waals surface area (Å²) >= 11 is 0. The van der Waals surface area contributed by atoms with Crippen molar-refractivity contribution in [2.75, 3.05) is 25.2 Å². The molecular formula is C26H27NO4. The lowest BCUT2D eigenvalue weighted by atomic mass is 9.86. The number of rotatable bonds is 7. The van der Waals surface area contributed by atoms with E-state index in [1.54, 1.807) is 7.11 Å². The van der Waals surface area contributed by atoms with Crippen molar-refractivity contribution < 1.29 is 19.0 Å². The van der Waals surface area contributed by atoms with Crippen LogP contribution in [0.15, 0.2) is 66.7 Å². The van der Waals surface area contributed by atoms with Gasteiger partial charge in [0, 0.05) is 5.69 Å². The lowest BCUT2D eigenvalue weighted by molar-refractivity contribution is -0.118. The normalized spacial score (nSPS) is 15.4. The van der Waals surface area contributed by atoms with Crippen molar-refractivity contribution in [3.8, 4) is 17.2 Å². The van der Waals surface area contributed by atoms with E-state index in [0.717, 1.165) is 28.1 Å². The van der Waals surface area contributed by atoms with Gasteiger partial charge in [-0.25, -0.2) is 0 Å². The van der Waals surface area contributed by atoms with Crippen LogP contribution in [0.5, 0.6) is 17.2 Å². The highest BCUT2D eigenvalue weighted by Crippen LogP contribution is 2.43. The van der Waals surface area contributed by atoms with Gasteiger partial charge in [-0.05, 0) is 66.9 Å². The summed E-state index contributed by atoms with van der Waals surface area (Å²) < 4.78 is 17.0. The number of para-hydroxylation sites is 1. The third-order valence-electron chi connectivity index (χ3n) is 5.43. The summed E-state index contributed by atoms with van der Waals surface area (Å²) in [5.74, 6) is 2.20. The molecular weight excluding hydrogens is 390 g/mol. The molecule has 0 saturated carbocycles. The molecule has 0 spiro atoms. The SMILES string of the molecule is CCOc1cc2c(cc1OCC)[C@@H](c1ccc(OC)cc1)N(c1ccccc1)C(=O)C2. The molecule has 1 atom stereocenters. The Hall–Kier alpha value is -3.47. The summed E-state index contributed by atoms with van der Waals surface area (Å²) in [7, 11) is 1.65. The van der Waals surface area contributed by atoms with Crippen LogP contribution in [0.1, 0.15) is 36.6 Å². The number of carbonyl (C=O) groups is 1. The van der Waals surface area contributed by atoms with Crippen molar-refractivity contribution in [1.82, 2.24) is 0 Å². The second-order valence-electron chi connectivity index (χ2n) is 7.32. The van der Waals surface area contributed by atoms with Crippen molar-refractivity contribution in [2.45, 2.75) is 26.3 Å². The van der Waals surface area contributed by atoms with E-state index in [9.17, 15) is 4.79 Å². The highest BCUT2D eigenvalue weighted by atomic mass is 16.5. The monoisotopic (exact) mass is 417 g/mol. The van der Waals surface area contributed by atoms with Crippen molar-refractivity contribution >= 4 is 11.6 Å². The van der Waals surface area contributed by atoms with Gasteiger partial charge < -0.3 is 19.1 Å². The molecule has 3 aromatic carbocycles. The smallest absolute Gasteiger partial charge is 0.232 e. The molecule has 0 unspecified atom stereocenters. The molecule has 0 aliphatic carbocycles. The molecule has 5 heteroatoms. The summed E-state index contributed by atoms with van der Waals surface area (Å²) in [6.45, 7) is 4.96. The second kappa shape index (κ2) is 9.13. The molecule has 0 saturated heterocycles. The molecule has 4 rings (SSSR count). The van der Waals surface area contributed by atoms with E-state index in [1.165, 1.54) is 0 Å². The van der Waals surface area contributed by atoms with Crippen molar-refractivity contribution in [1.29, 1.82) is 0 Å². The molecule has 0 aromatic heterocycles. The average Bonchev–Trinajstić information content (AvgIpc) is 2.80. The quantitative estimate of drug-likeness (QED) is 0.532. The highest BCUT2D eigenvalue weighted by Gasteiger charge is 2.36. The molecule has 3 aromatic rings. The number of fused-ring (bicyclic) bond motifs is 1. The molecule has 1 heterocycles. The molecule has 0 fully saturated rings. The zero-order valence-corrected chi connectivity index (χ0v) is 18.1. The number of hydrogen-bond donors (Lipinski definition) is 0. The molecule has 0 bridgehead atoms. The molecule has 1 amide bonds. The summed E-state index contributed by atoms with van der Waals surface area (Å²) in [5.41, 5.74) is 3.88. The van der Waals surface area contributed by atoms with Crippen molar-refractivity contribution in [3.05, 3.63) is 83.4 Å². The topological polar surface area (TPSA) is 48.0 Å². The van der Waals surface area contributed by atoms with Gasteiger partial charge in [-0.3, -0.25) is 4.79 Å². The predicted octanol–water partition coefficient (Wildman–Crippen LogP) is 5.17. The van der Waals surface area contributed by atoms with E-state index < -0.39 is 0 Å². The fourth-order valence-corrected chi connectivity index (χ4v) is 4.09. The van der Waals surface area contributed by atoms with Crippen LogP contribution in [0.3, 0.4) is 0 Å². The Kier molecular flexibility index (Phi) is 6.12. The first-order chi connectivity index (χ1) is 15.2. The summed E-state index contributed by atoms with van der Waals surface area (Å²) in [5, 5.41) is 0. The van der Waals surface area contributed by atoms with Crippen LogP contribution in [-0.2, 0) is 11.2 Å². The molecule has 0 radical (unpaired) electrons. The van der Waals surface area contributed by atoms with Gasteiger partial charge in [-0.2, -0.15) is 0 Å². The van der Waals surface area contributed by atoms with Gasteiger partial charge in [-0.1, -0.05) is 30.3 Å². The lowest BCUT2D eigenvalue weighted by Gasteiger charge is -2.38. The Bertz CT molecular complexity index is 1050. The number of hydrogen-bond acceptors (Lipinski definition) is 4. The van der Waals surface area contributed by atoms with E-state index in [2.05, 4.69) is 0 Å². The first-order valence-corrected chi connectivity index (χ1v) is 10.6. The lowest BCUT2D eigenvalue weighted by Crippen LogP contribution is -2.41. The molecule has 31 heavy (non-hydrogen) atoms. The third kappa shape index (κ3) is 4.08. The third-order valence-corrected chi connectivity index (χ3v) is 5.43. The average molecular weight is 418 g/mol. The van der Waals surface area contributed by atoms with Crippen molar-refractivity contribution in [3.63, 3.8) is 0 Å². The first-order valence-electron chi connectivity index (χ1n) is 10.6. The van der Waals surface area contributed by atoms with Crippen LogP contribution in [0, 0.1) is 0 Å². The zero-order valence-electron chi connectivity index (χ0n) is 18.1. The van der Waals surface area contributed by atoms with Gasteiger partial charge in [0.1, 0.15) is 5.75 Å². The minimum atomic E-state index is -0.278. The molecule has 160 valence electrons. The predicted molar refractivity (Wildman–Crippen MR) is 121 cm³/mol. The van der Waals surface area contributed by atoms with Crippen molar-refractivity contribution in [2.24, 2.45) is 0 Å². The van der Waals surface area contributed by atoms with Crippen LogP contribution >= 0.6 is 0 Å². The van der Waals surface area contributed by atoms with Gasteiger partial charge in [0.05, 0.1) is 32.8 Å². The molecule has 5 nitrogen and oxygen atoms in total. The second-order valence-corrected chi connectivity index (χ2v) is 7.32. The zero-order chi connectivity index (χ0) is 21.8. The summed E-state index contributed by atoms with van der Waals surface area (Å²) in [6.07, 6.45) is 0.309. The number of nitrogens with zero attached hydrogens (tertiary/aromatic N) is 1. The van der Waals surface area contributed by atoms with Gasteiger partial charge in [0.15, 0.2) is 11.5 Å². The number of methoxy groups -OCH3 is 1. The Balaban J connectivity index is 1.90. The fraction of sp³-hybridized carbons (Fsp3) is 0.269. The van der Waals surface area contributed by atoms with Gasteiger partial charge in [0.2, 0.25) is 5.91 Å². The number of benzene rings is 3. The number of ether oxygens (including phenoxy) is 3. The highest BCUT2D eigenvalue weighted by molar-refractivity contribution is 5.98. The van der Waals surface area contributed by atoms with E-state index in [-0.39, 0.29) is 11.9 Å². The number of anilines is 1. The summed E-state index contributed by atoms with van der Waals surface area (Å²) in [4.78, 5) is 15.2. The maximum absolute atomic E-state index is 13.4. The van der Waals surface area contributed by atoms with E-state index in [1.807, 2.05) is 85.5 Å². The minimum Gasteiger partial charge on any atom is -0.497 e. The minimum absolute atomic E-state index is 0.0473. The molecule has 0 N–H and O–H groups in total. The van der Waals surface area contributed by atoms with Crippen LogP contribution < -0.4 is 19.1 Å². The Labute approximate surface area is 183 Å². The largest absolute Gasteiger partial charge is 0.497 e. The van der Waals surface area contributed by atoms with E-state index >= 15 is 0 Å².